The van der Waals surface area contributed by atoms with Crippen LogP contribution in [0.2, 0.25) is 0 Å². The number of phenolic OH excluding ortho intramolecular Hbond substituents is 1. The van der Waals surface area contributed by atoms with E-state index < -0.39 is 77.9 Å². The van der Waals surface area contributed by atoms with Gasteiger partial charge in [-0.15, -0.1) is 10.2 Å². The number of aromatic hydroxyl groups is 1. The van der Waals surface area contributed by atoms with E-state index in [0.29, 0.717) is 112 Å². The number of nitrogens with zero attached hydrogens (tertiary/aromatic N) is 11. The Bertz CT molecular complexity index is 5480. The first-order valence-electron chi connectivity index (χ1n) is 50.0. The quantitative estimate of drug-likeness (QED) is 0.0146. The highest BCUT2D eigenvalue weighted by Crippen LogP contribution is 2.34. The SMILES string of the molecule is N#Cc1ccc(CN/C(CCOCCOCCOCCNC(=O)CCOCC(COCCC(=O)NCCOCCOCCOCCc2c([C@H]3OCC[C@@H](O)[C@H]3O)nnn2Cc2ccc(C#N)cc2)(COCCC(=O)NCCOCCOCCOCCc2c([C@H]3OCC[C@@H](O)[C@H]3O)nnn2Cc2ccc(C#N)cc2)NC(=O)CCCOc2ccc3nc(/C(=C/Nc4ccc(O)c(F)c4)N=N)ccc3c2)=C(\N)[C@H]2OCC[C@@H](O)[C@H]2O)cc1. The summed E-state index contributed by atoms with van der Waals surface area (Å²) in [6, 6.07) is 39.8. The minimum Gasteiger partial charge on any atom is -0.505 e. The average Bonchev–Trinajstić information content (AvgIpc) is 1.68. The first kappa shape index (κ1) is 118. The molecule has 9 atom stereocenters. The van der Waals surface area contributed by atoms with Crippen LogP contribution in [0.3, 0.4) is 0 Å². The Hall–Kier alpha value is -12.7. The number of rotatable bonds is 71. The van der Waals surface area contributed by atoms with Gasteiger partial charge in [0.1, 0.15) is 65.0 Å². The third-order valence-electron chi connectivity index (χ3n) is 24.1. The molecule has 3 aliphatic heterocycles. The molecule has 0 bridgehead atoms. The monoisotopic (exact) mass is 2090 g/mol. The topological polar surface area (TPSA) is 638 Å². The molecular weight excluding hydrogens is 1950 g/mol. The smallest absolute Gasteiger partial charge is 0.222 e. The van der Waals surface area contributed by atoms with Crippen LogP contribution in [0.5, 0.6) is 11.5 Å². The van der Waals surface area contributed by atoms with E-state index in [1.54, 1.807) is 76.1 Å². The summed E-state index contributed by atoms with van der Waals surface area (Å²) in [5.74, 6) is -2.48. The van der Waals surface area contributed by atoms with Crippen LogP contribution in [0.1, 0.15) is 132 Å². The van der Waals surface area contributed by atoms with Gasteiger partial charge in [0.25, 0.3) is 0 Å². The minimum absolute atomic E-state index is 0.0761. The summed E-state index contributed by atoms with van der Waals surface area (Å²) in [6.07, 6.45) is -6.33. The second-order valence-electron chi connectivity index (χ2n) is 35.3. The summed E-state index contributed by atoms with van der Waals surface area (Å²) in [7, 11) is 0. The number of nitriles is 3. The summed E-state index contributed by atoms with van der Waals surface area (Å²) in [5.41, 5.74) is 21.3. The number of fused-ring (bicyclic) bond motifs is 1. The molecule has 4 amide bonds. The van der Waals surface area contributed by atoms with Crippen molar-refractivity contribution in [3.63, 3.8) is 0 Å². The van der Waals surface area contributed by atoms with Crippen LogP contribution in [-0.2, 0) is 123 Å². The van der Waals surface area contributed by atoms with Crippen molar-refractivity contribution < 1.29 is 135 Å². The zero-order chi connectivity index (χ0) is 106. The molecule has 0 aliphatic carbocycles. The van der Waals surface area contributed by atoms with E-state index in [1.807, 2.05) is 36.4 Å². The Morgan fingerprint density at radius 2 is 0.920 bits per heavy atom. The number of hydrogen-bond donors (Lipinski definition) is 15. The minimum atomic E-state index is -1.49. The normalized spacial score (nSPS) is 18.0. The first-order chi connectivity index (χ1) is 73.1. The zero-order valence-corrected chi connectivity index (χ0v) is 83.8. The maximum absolute atomic E-state index is 14.3. The number of aliphatic hydroxyl groups is 6. The van der Waals surface area contributed by atoms with Gasteiger partial charge in [0.15, 0.2) is 11.6 Å². The second-order valence-corrected chi connectivity index (χ2v) is 35.3. The highest BCUT2D eigenvalue weighted by atomic mass is 19.1. The lowest BCUT2D eigenvalue weighted by Crippen LogP contribution is -2.58. The molecule has 812 valence electrons. The predicted molar refractivity (Wildman–Crippen MR) is 534 cm³/mol. The van der Waals surface area contributed by atoms with Crippen LogP contribution in [0, 0.1) is 45.3 Å². The van der Waals surface area contributed by atoms with E-state index in [9.17, 15) is 75.1 Å². The lowest BCUT2D eigenvalue weighted by Gasteiger charge is -2.34. The van der Waals surface area contributed by atoms with Crippen molar-refractivity contribution in [2.75, 3.05) is 210 Å². The number of halogens is 1. The van der Waals surface area contributed by atoms with E-state index in [1.165, 1.54) is 18.3 Å². The zero-order valence-electron chi connectivity index (χ0n) is 83.8. The van der Waals surface area contributed by atoms with Gasteiger partial charge < -0.3 is 149 Å². The molecule has 3 saturated heterocycles. The molecule has 8 aromatic rings. The van der Waals surface area contributed by atoms with Crippen molar-refractivity contribution in [2.24, 2.45) is 10.8 Å². The van der Waals surface area contributed by atoms with Gasteiger partial charge >= 0.3 is 0 Å². The predicted octanol–water partition coefficient (Wildman–Crippen LogP) is 3.86. The molecule has 3 aromatic heterocycles. The van der Waals surface area contributed by atoms with Crippen molar-refractivity contribution in [2.45, 2.75) is 151 Å². The number of nitrogens with two attached hydrogens (primary N) is 1. The molecule has 150 heavy (non-hydrogen) atoms. The van der Waals surface area contributed by atoms with Crippen LogP contribution >= 0.6 is 0 Å². The van der Waals surface area contributed by atoms with Gasteiger partial charge in [-0.05, 0) is 115 Å². The molecule has 0 radical (unpaired) electrons. The largest absolute Gasteiger partial charge is 0.505 e. The third kappa shape index (κ3) is 39.9. The lowest BCUT2D eigenvalue weighted by atomic mass is 9.98. The average molecular weight is 2090 g/mol. The van der Waals surface area contributed by atoms with Gasteiger partial charge in [0.2, 0.25) is 23.6 Å². The lowest BCUT2D eigenvalue weighted by molar-refractivity contribution is -0.138. The van der Waals surface area contributed by atoms with Crippen LogP contribution in [-0.4, -0.2) is 347 Å². The second kappa shape index (κ2) is 65.4. The van der Waals surface area contributed by atoms with Crippen LogP contribution in [0.15, 0.2) is 144 Å². The number of pyridine rings is 1. The number of carbonyl (C=O) groups is 4. The van der Waals surface area contributed by atoms with E-state index in [2.05, 4.69) is 80.8 Å². The Kier molecular flexibility index (Phi) is 51.3. The summed E-state index contributed by atoms with van der Waals surface area (Å²) in [5, 5.41) is 140. The van der Waals surface area contributed by atoms with Gasteiger partial charge in [0, 0.05) is 100 Å². The third-order valence-corrected chi connectivity index (χ3v) is 24.1. The van der Waals surface area contributed by atoms with Crippen molar-refractivity contribution >= 4 is 45.9 Å². The number of aromatic nitrogens is 7. The maximum atomic E-state index is 14.3. The van der Waals surface area contributed by atoms with Gasteiger partial charge in [0.05, 0.1) is 280 Å². The molecule has 0 saturated carbocycles. The highest BCUT2D eigenvalue weighted by molar-refractivity contribution is 5.83. The Morgan fingerprint density at radius 3 is 1.38 bits per heavy atom. The molecule has 16 N–H and O–H groups in total. The molecule has 3 aliphatic rings. The van der Waals surface area contributed by atoms with Gasteiger partial charge in [-0.1, -0.05) is 52.9 Å². The number of anilines is 1. The summed E-state index contributed by atoms with van der Waals surface area (Å²) >= 11 is 0. The molecule has 11 rings (SSSR count). The molecule has 0 spiro atoms. The molecule has 0 unspecified atom stereocenters. The molecule has 47 heteroatoms. The van der Waals surface area contributed by atoms with E-state index in [4.69, 9.17) is 87.1 Å². The van der Waals surface area contributed by atoms with Gasteiger partial charge in [-0.2, -0.15) is 20.9 Å². The van der Waals surface area contributed by atoms with E-state index >= 15 is 0 Å². The summed E-state index contributed by atoms with van der Waals surface area (Å²) in [4.78, 5) is 59.0. The fraction of sp³-hybridized carbons (Fsp3) is 0.534. The molecule has 3 fully saturated rings. The van der Waals surface area contributed by atoms with Crippen molar-refractivity contribution in [3.8, 4) is 29.7 Å². The number of carbonyl (C=O) groups excluding carboxylic acids is 4. The fourth-order valence-corrected chi connectivity index (χ4v) is 15.9. The van der Waals surface area contributed by atoms with Crippen molar-refractivity contribution in [3.05, 3.63) is 207 Å². The molecule has 6 heterocycles. The van der Waals surface area contributed by atoms with Crippen LogP contribution in [0.4, 0.5) is 10.1 Å². The Morgan fingerprint density at radius 1 is 0.487 bits per heavy atom. The standard InChI is InChI=1S/C103H136FN19O27/c104-79-59-77(16-20-86(79)124)113-64-83(117-109)81-18-15-76-58-78(17-19-80(76)115-81)147-33-1-2-93(131)116-103(67-144-37-27-90(128)110-30-43-138-49-55-141-52-46-135-34-21-82(94(108)100-97(132)87(125)24-40-148-100)114-63-73-9-3-70(60-105)4-10-73,68-145-38-28-91(129)111-31-44-139-50-56-142-53-47-136-35-22-84-95(101-98(133)88(126)25-41-149-101)118-120-122(84)65-74-11-5-71(61-106)6-12-74)69-146-39-29-92(130)112-32-45-140-51-57-143-54-48-137-36-23-85-96(102-99(134)89(127)26-42-150-102)119-121-123(85)66-75-13-7-72(62-107)8-14-75/h3-20,58-59,64,87-89,97-102,109,113-114,124-127,132-134H,1-2,21-57,63,65-69,108H2,(H,110,128)(H,111,129)(H,112,130)(H,116,131)/b83-64-,94-82-,117-109?/t87-,88-,89-,97-,98-,99-,100-,101-,102-/m1/s1. The van der Waals surface area contributed by atoms with E-state index in [0.717, 1.165) is 22.8 Å². The molecular formula is C103H136FN19O27. The van der Waals surface area contributed by atoms with Gasteiger partial charge in [-0.25, -0.2) is 24.3 Å². The molecule has 46 nitrogen and oxygen atoms in total. The fourth-order valence-electron chi connectivity index (χ4n) is 15.9. The van der Waals surface area contributed by atoms with Gasteiger partial charge in [-0.3, -0.25) is 19.2 Å². The van der Waals surface area contributed by atoms with E-state index in [-0.39, 0.29) is 285 Å². The first-order valence-corrected chi connectivity index (χ1v) is 50.0. The summed E-state index contributed by atoms with van der Waals surface area (Å²) < 4.78 is 112. The number of hydrogen-bond acceptors (Lipinski definition) is 40. The Balaban J connectivity index is 0.642. The number of benzene rings is 5. The van der Waals surface area contributed by atoms with Crippen molar-refractivity contribution in [1.82, 2.24) is 61.6 Å². The number of nitrogens with one attached hydrogen (secondary N) is 7. The van der Waals surface area contributed by atoms with Crippen LogP contribution in [0.25, 0.3) is 16.6 Å². The number of aliphatic hydroxyl groups excluding tert-OH is 6. The number of phenols is 1. The molecule has 5 aromatic carbocycles. The number of ether oxygens (including phenoxy) is 16. The summed E-state index contributed by atoms with van der Waals surface area (Å²) in [6.45, 7) is 4.82. The van der Waals surface area contributed by atoms with Crippen LogP contribution < -0.4 is 42.4 Å². The van der Waals surface area contributed by atoms with Crippen molar-refractivity contribution in [1.29, 1.82) is 21.3 Å². The Labute approximate surface area is 867 Å². The maximum Gasteiger partial charge on any atom is 0.222 e. The number of amides is 4. The highest BCUT2D eigenvalue weighted by Gasteiger charge is 2.40.